The van der Waals surface area contributed by atoms with Crippen LogP contribution >= 0.6 is 0 Å². The number of amides is 2. The van der Waals surface area contributed by atoms with Gasteiger partial charge in [0.25, 0.3) is 5.56 Å². The number of benzene rings is 4. The molecule has 0 aliphatic carbocycles. The Morgan fingerprint density at radius 3 is 2.07 bits per heavy atom. The first kappa shape index (κ1) is 39.5. The monoisotopic (exact) mass is 729 g/mol. The van der Waals surface area contributed by atoms with Gasteiger partial charge in [-0.05, 0) is 111 Å². The molecule has 2 N–H and O–H groups in total. The average molecular weight is 730 g/mol. The molecule has 1 heterocycles. The van der Waals surface area contributed by atoms with Crippen molar-refractivity contribution < 1.29 is 23.9 Å². The van der Waals surface area contributed by atoms with Crippen LogP contribution in [0.3, 0.4) is 0 Å². The van der Waals surface area contributed by atoms with Crippen LogP contribution in [-0.2, 0) is 43.9 Å². The molecular formula is C45H51N3O6. The highest BCUT2D eigenvalue weighted by molar-refractivity contribution is 5.98. The van der Waals surface area contributed by atoms with Gasteiger partial charge in [-0.2, -0.15) is 0 Å². The third-order valence-corrected chi connectivity index (χ3v) is 9.71. The fraction of sp³-hybridized carbons (Fsp3) is 0.333. The number of hydrogen-bond acceptors (Lipinski definition) is 6. The van der Waals surface area contributed by atoms with Crippen molar-refractivity contribution in [3.05, 3.63) is 140 Å². The van der Waals surface area contributed by atoms with E-state index >= 15 is 0 Å². The number of esters is 1. The average Bonchev–Trinajstić information content (AvgIpc) is 3.11. The zero-order valence-electron chi connectivity index (χ0n) is 32.8. The number of ether oxygens (including phenoxy) is 2. The van der Waals surface area contributed by atoms with Gasteiger partial charge in [0.05, 0.1) is 25.5 Å². The lowest BCUT2D eigenvalue weighted by molar-refractivity contribution is -0.160. The number of fused-ring (bicyclic) bond motifs is 1. The van der Waals surface area contributed by atoms with Crippen molar-refractivity contribution in [3.63, 3.8) is 0 Å². The van der Waals surface area contributed by atoms with E-state index in [1.807, 2.05) is 133 Å². The van der Waals surface area contributed by atoms with Gasteiger partial charge in [0.15, 0.2) is 0 Å². The number of nitrogens with one attached hydrogen (secondary N) is 2. The van der Waals surface area contributed by atoms with E-state index < -0.39 is 23.0 Å². The summed E-state index contributed by atoms with van der Waals surface area (Å²) in [5.41, 5.74) is 3.92. The lowest BCUT2D eigenvalue weighted by Crippen LogP contribution is -2.46. The summed E-state index contributed by atoms with van der Waals surface area (Å²) in [6, 6.07) is 25.9. The number of carbonyl (C=O) groups is 3. The van der Waals surface area contributed by atoms with Crippen molar-refractivity contribution in [2.45, 2.75) is 91.8 Å². The van der Waals surface area contributed by atoms with Crippen molar-refractivity contribution in [2.75, 3.05) is 12.4 Å². The van der Waals surface area contributed by atoms with Gasteiger partial charge in [0, 0.05) is 12.6 Å². The van der Waals surface area contributed by atoms with E-state index in [-0.39, 0.29) is 36.0 Å². The van der Waals surface area contributed by atoms with Crippen LogP contribution in [-0.4, -0.2) is 41.1 Å². The van der Waals surface area contributed by atoms with Crippen LogP contribution < -0.4 is 20.9 Å². The van der Waals surface area contributed by atoms with Crippen LogP contribution in [0.5, 0.6) is 5.75 Å². The fourth-order valence-corrected chi connectivity index (χ4v) is 6.41. The van der Waals surface area contributed by atoms with Crippen LogP contribution in [0.15, 0.2) is 95.9 Å². The molecule has 1 atom stereocenters. The SMILES string of the molecule is COc1ccc(Cn2cc(C)c(C)c(NC(=O)[C@@H](Cc3ccc(C(C)(C)C(=O)OC(C)(C)C)cc3)NC(=O)Cc3ccc4ccccc4c3)c2=O)cc1C. The van der Waals surface area contributed by atoms with Crippen LogP contribution in [0.2, 0.25) is 0 Å². The molecule has 5 rings (SSSR count). The summed E-state index contributed by atoms with van der Waals surface area (Å²) in [7, 11) is 1.62. The molecule has 54 heavy (non-hydrogen) atoms. The summed E-state index contributed by atoms with van der Waals surface area (Å²) >= 11 is 0. The van der Waals surface area contributed by atoms with E-state index in [1.165, 1.54) is 0 Å². The Labute approximate surface area is 317 Å². The predicted molar refractivity (Wildman–Crippen MR) is 214 cm³/mol. The minimum absolute atomic E-state index is 0.0647. The van der Waals surface area contributed by atoms with Gasteiger partial charge in [-0.1, -0.05) is 78.9 Å². The van der Waals surface area contributed by atoms with Crippen LogP contribution in [0.1, 0.15) is 73.6 Å². The first-order valence-electron chi connectivity index (χ1n) is 18.2. The highest BCUT2D eigenvalue weighted by atomic mass is 16.6. The zero-order valence-corrected chi connectivity index (χ0v) is 32.8. The molecule has 0 fully saturated rings. The maximum absolute atomic E-state index is 14.2. The minimum atomic E-state index is -1.01. The summed E-state index contributed by atoms with van der Waals surface area (Å²) in [6.45, 7) is 15.1. The summed E-state index contributed by atoms with van der Waals surface area (Å²) in [6.07, 6.45) is 2.00. The van der Waals surface area contributed by atoms with Crippen molar-refractivity contribution in [3.8, 4) is 5.75 Å². The largest absolute Gasteiger partial charge is 0.496 e. The molecular weight excluding hydrogens is 679 g/mol. The first-order chi connectivity index (χ1) is 25.4. The molecule has 2 amide bonds. The lowest BCUT2D eigenvalue weighted by atomic mass is 9.84. The van der Waals surface area contributed by atoms with Crippen LogP contribution in [0.4, 0.5) is 5.69 Å². The summed E-state index contributed by atoms with van der Waals surface area (Å²) in [5, 5.41) is 7.93. The molecule has 0 aliphatic heterocycles. The normalized spacial score (nSPS) is 12.2. The molecule has 0 aliphatic rings. The molecule has 0 radical (unpaired) electrons. The van der Waals surface area contributed by atoms with Gasteiger partial charge in [0.1, 0.15) is 23.1 Å². The molecule has 0 unspecified atom stereocenters. The summed E-state index contributed by atoms with van der Waals surface area (Å²) in [4.78, 5) is 54.7. The van der Waals surface area contributed by atoms with E-state index in [4.69, 9.17) is 9.47 Å². The van der Waals surface area contributed by atoms with E-state index in [0.717, 1.165) is 49.9 Å². The second kappa shape index (κ2) is 16.1. The van der Waals surface area contributed by atoms with E-state index in [0.29, 0.717) is 12.1 Å². The van der Waals surface area contributed by atoms with Crippen molar-refractivity contribution in [1.29, 1.82) is 0 Å². The number of rotatable bonds is 12. The molecule has 9 nitrogen and oxygen atoms in total. The van der Waals surface area contributed by atoms with Crippen molar-refractivity contribution in [1.82, 2.24) is 9.88 Å². The van der Waals surface area contributed by atoms with E-state index in [1.54, 1.807) is 24.8 Å². The molecule has 1 aromatic heterocycles. The highest BCUT2D eigenvalue weighted by Crippen LogP contribution is 2.28. The first-order valence-corrected chi connectivity index (χ1v) is 18.2. The predicted octanol–water partition coefficient (Wildman–Crippen LogP) is 7.51. The Morgan fingerprint density at radius 1 is 0.778 bits per heavy atom. The molecule has 282 valence electrons. The highest BCUT2D eigenvalue weighted by Gasteiger charge is 2.34. The van der Waals surface area contributed by atoms with Gasteiger partial charge in [-0.25, -0.2) is 0 Å². The van der Waals surface area contributed by atoms with Crippen molar-refractivity contribution >= 4 is 34.2 Å². The molecule has 0 saturated heterocycles. The van der Waals surface area contributed by atoms with Gasteiger partial charge in [0.2, 0.25) is 11.8 Å². The number of aryl methyl sites for hydroxylation is 2. The lowest BCUT2D eigenvalue weighted by Gasteiger charge is -2.29. The van der Waals surface area contributed by atoms with Crippen LogP contribution in [0, 0.1) is 20.8 Å². The van der Waals surface area contributed by atoms with Gasteiger partial charge in [-0.3, -0.25) is 19.2 Å². The Morgan fingerprint density at radius 2 is 1.43 bits per heavy atom. The second-order valence-electron chi connectivity index (χ2n) is 15.5. The maximum atomic E-state index is 14.2. The smallest absolute Gasteiger partial charge is 0.316 e. The van der Waals surface area contributed by atoms with Gasteiger partial charge >= 0.3 is 5.97 Å². The standard InChI is InChI=1S/C45H51N3O6/c1-28-22-33(17-21-38(28)53-9)27-48-26-29(2)30(3)40(42(48)51)47-41(50)37(46-39(49)25-32-14-18-34-12-10-11-13-35(34)23-32)24-31-15-19-36(20-16-31)45(7,8)43(52)54-44(4,5)6/h10-23,26,37H,24-25,27H2,1-9H3,(H,46,49)(H,47,50)/t37-/m1/s1. The topological polar surface area (TPSA) is 116 Å². The summed E-state index contributed by atoms with van der Waals surface area (Å²) < 4.78 is 12.6. The number of nitrogens with zero attached hydrogens (tertiary/aromatic N) is 1. The molecule has 0 saturated carbocycles. The Balaban J connectivity index is 1.42. The molecule has 4 aromatic carbocycles. The zero-order chi connectivity index (χ0) is 39.4. The Kier molecular flexibility index (Phi) is 11.8. The van der Waals surface area contributed by atoms with Gasteiger partial charge in [-0.15, -0.1) is 0 Å². The number of hydrogen-bond donors (Lipinski definition) is 2. The maximum Gasteiger partial charge on any atom is 0.316 e. The van der Waals surface area contributed by atoms with E-state index in [9.17, 15) is 19.2 Å². The third kappa shape index (κ3) is 9.44. The Bertz CT molecular complexity index is 2250. The molecule has 0 spiro atoms. The Hall–Kier alpha value is -5.70. The number of aromatic nitrogens is 1. The van der Waals surface area contributed by atoms with Crippen molar-refractivity contribution in [2.24, 2.45) is 0 Å². The fourth-order valence-electron chi connectivity index (χ4n) is 6.41. The second-order valence-corrected chi connectivity index (χ2v) is 15.5. The number of anilines is 1. The van der Waals surface area contributed by atoms with E-state index in [2.05, 4.69) is 10.6 Å². The minimum Gasteiger partial charge on any atom is -0.496 e. The number of carbonyl (C=O) groups excluding carboxylic acids is 3. The van der Waals surface area contributed by atoms with Gasteiger partial charge < -0.3 is 24.7 Å². The number of methoxy groups -OCH3 is 1. The molecule has 0 bridgehead atoms. The summed E-state index contributed by atoms with van der Waals surface area (Å²) in [5.74, 6) is -0.435. The quantitative estimate of drug-likeness (QED) is 0.129. The number of pyridine rings is 1. The third-order valence-electron chi connectivity index (χ3n) is 9.71. The molecule has 9 heteroatoms. The van der Waals surface area contributed by atoms with Crippen LogP contribution in [0.25, 0.3) is 10.8 Å². The molecule has 5 aromatic rings.